The molecule has 1 saturated carbocycles. The van der Waals surface area contributed by atoms with E-state index in [2.05, 4.69) is 15.0 Å². The molecule has 2 aromatic heterocycles. The summed E-state index contributed by atoms with van der Waals surface area (Å²) in [5.74, 6) is -0.0623. The summed E-state index contributed by atoms with van der Waals surface area (Å²) in [4.78, 5) is 17.1. The first-order chi connectivity index (χ1) is 13.5. The number of hydrogen-bond donors (Lipinski definition) is 2. The number of benzene rings is 1. The zero-order valence-corrected chi connectivity index (χ0v) is 17.3. The normalized spacial score (nSPS) is 14.0. The highest BCUT2D eigenvalue weighted by molar-refractivity contribution is 7.89. The molecule has 3 aromatic rings. The first-order valence-corrected chi connectivity index (χ1v) is 11.8. The second-order valence-electron chi connectivity index (χ2n) is 6.26. The minimum atomic E-state index is -3.64. The van der Waals surface area contributed by atoms with Gasteiger partial charge < -0.3 is 10.1 Å². The first kappa shape index (κ1) is 19.1. The highest BCUT2D eigenvalue weighted by atomic mass is 32.2. The van der Waals surface area contributed by atoms with Crippen molar-refractivity contribution in [2.75, 3.05) is 12.4 Å². The van der Waals surface area contributed by atoms with E-state index in [0.29, 0.717) is 5.75 Å². The molecule has 7 nitrogen and oxygen atoms in total. The van der Waals surface area contributed by atoms with Crippen molar-refractivity contribution in [1.29, 1.82) is 0 Å². The minimum absolute atomic E-state index is 0.00400. The molecule has 0 spiro atoms. The van der Waals surface area contributed by atoms with Gasteiger partial charge in [0.25, 0.3) is 5.91 Å². The molecule has 10 heteroatoms. The first-order valence-electron chi connectivity index (χ1n) is 8.46. The number of nitrogens with zero attached hydrogens (tertiary/aromatic N) is 1. The smallest absolute Gasteiger partial charge is 0.275 e. The Morgan fingerprint density at radius 3 is 2.75 bits per heavy atom. The van der Waals surface area contributed by atoms with E-state index < -0.39 is 15.9 Å². The van der Waals surface area contributed by atoms with Crippen molar-refractivity contribution in [2.45, 2.75) is 23.8 Å². The zero-order valence-electron chi connectivity index (χ0n) is 14.8. The average molecular weight is 436 g/mol. The third-order valence-corrected chi connectivity index (χ3v) is 7.23. The largest absolute Gasteiger partial charge is 0.495 e. The number of carbonyl (C=O) groups is 1. The Balaban J connectivity index is 1.57. The van der Waals surface area contributed by atoms with Gasteiger partial charge in [0.05, 0.1) is 17.7 Å². The second-order valence-corrected chi connectivity index (χ2v) is 9.61. The van der Waals surface area contributed by atoms with E-state index in [1.54, 1.807) is 16.7 Å². The fourth-order valence-corrected chi connectivity index (χ4v) is 5.37. The summed E-state index contributed by atoms with van der Waals surface area (Å²) < 4.78 is 32.8. The second kappa shape index (κ2) is 7.63. The number of carbonyl (C=O) groups excluding carboxylic acids is 1. The Labute approximate surface area is 170 Å². The minimum Gasteiger partial charge on any atom is -0.495 e. The predicted molar refractivity (Wildman–Crippen MR) is 110 cm³/mol. The van der Waals surface area contributed by atoms with Gasteiger partial charge in [0.1, 0.15) is 16.5 Å². The van der Waals surface area contributed by atoms with Gasteiger partial charge in [0, 0.05) is 22.4 Å². The number of ether oxygens (including phenoxy) is 1. The van der Waals surface area contributed by atoms with Gasteiger partial charge in [-0.1, -0.05) is 0 Å². The number of thiazole rings is 1. The summed E-state index contributed by atoms with van der Waals surface area (Å²) in [6.07, 6.45) is 1.69. The van der Waals surface area contributed by atoms with Crippen LogP contribution in [0.25, 0.3) is 10.6 Å². The van der Waals surface area contributed by atoms with Crippen LogP contribution in [-0.4, -0.2) is 32.5 Å². The molecule has 28 heavy (non-hydrogen) atoms. The van der Waals surface area contributed by atoms with E-state index in [1.807, 2.05) is 16.8 Å². The van der Waals surface area contributed by atoms with Crippen molar-refractivity contribution in [1.82, 2.24) is 9.71 Å². The van der Waals surface area contributed by atoms with Crippen LogP contribution in [-0.2, 0) is 10.0 Å². The molecule has 0 aliphatic heterocycles. The van der Waals surface area contributed by atoms with Crippen molar-refractivity contribution in [3.05, 3.63) is 46.1 Å². The van der Waals surface area contributed by atoms with Gasteiger partial charge in [-0.25, -0.2) is 18.1 Å². The Bertz CT molecular complexity index is 1100. The van der Waals surface area contributed by atoms with E-state index in [0.717, 1.165) is 23.4 Å². The predicted octanol–water partition coefficient (Wildman–Crippen LogP) is 3.57. The van der Waals surface area contributed by atoms with Gasteiger partial charge in [-0.15, -0.1) is 11.3 Å². The third kappa shape index (κ3) is 4.09. The fraction of sp³-hybridized carbons (Fsp3) is 0.222. The summed E-state index contributed by atoms with van der Waals surface area (Å²) in [5, 5.41) is 9.04. The fourth-order valence-electron chi connectivity index (χ4n) is 2.52. The molecule has 146 valence electrons. The van der Waals surface area contributed by atoms with Crippen LogP contribution in [0.4, 0.5) is 5.69 Å². The number of rotatable bonds is 7. The average Bonchev–Trinajstić information content (AvgIpc) is 3.15. The maximum absolute atomic E-state index is 12.6. The topological polar surface area (TPSA) is 97.4 Å². The number of sulfonamides is 1. The summed E-state index contributed by atoms with van der Waals surface area (Å²) in [6.45, 7) is 0. The lowest BCUT2D eigenvalue weighted by Gasteiger charge is -2.12. The van der Waals surface area contributed by atoms with E-state index in [1.165, 1.54) is 36.6 Å². The summed E-state index contributed by atoms with van der Waals surface area (Å²) in [7, 11) is -2.18. The van der Waals surface area contributed by atoms with Crippen LogP contribution in [0.15, 0.2) is 45.3 Å². The molecule has 0 bridgehead atoms. The lowest BCUT2D eigenvalue weighted by Crippen LogP contribution is -2.26. The molecular formula is C18H17N3O4S3. The van der Waals surface area contributed by atoms with Crippen molar-refractivity contribution < 1.29 is 17.9 Å². The van der Waals surface area contributed by atoms with Gasteiger partial charge in [-0.3, -0.25) is 4.79 Å². The summed E-state index contributed by atoms with van der Waals surface area (Å²) in [5.41, 5.74) is 1.50. The van der Waals surface area contributed by atoms with Gasteiger partial charge >= 0.3 is 0 Å². The van der Waals surface area contributed by atoms with Crippen LogP contribution < -0.4 is 14.8 Å². The lowest BCUT2D eigenvalue weighted by atomic mass is 10.3. The van der Waals surface area contributed by atoms with Gasteiger partial charge in [0.2, 0.25) is 10.0 Å². The molecule has 4 rings (SSSR count). The van der Waals surface area contributed by atoms with Crippen LogP contribution in [0.5, 0.6) is 5.75 Å². The van der Waals surface area contributed by atoms with Crippen LogP contribution in [0.1, 0.15) is 23.3 Å². The molecule has 1 amide bonds. The lowest BCUT2D eigenvalue weighted by molar-refractivity contribution is 0.102. The molecule has 0 radical (unpaired) electrons. The van der Waals surface area contributed by atoms with E-state index >= 15 is 0 Å². The van der Waals surface area contributed by atoms with Crippen LogP contribution in [0, 0.1) is 0 Å². The summed E-state index contributed by atoms with van der Waals surface area (Å²) in [6, 6.07) is 6.31. The quantitative estimate of drug-likeness (QED) is 0.591. The third-order valence-electron chi connectivity index (χ3n) is 4.13. The van der Waals surface area contributed by atoms with Crippen LogP contribution in [0.3, 0.4) is 0 Å². The van der Waals surface area contributed by atoms with Gasteiger partial charge in [-0.2, -0.15) is 11.3 Å². The summed E-state index contributed by atoms with van der Waals surface area (Å²) >= 11 is 2.93. The molecule has 1 aromatic carbocycles. The number of anilines is 1. The Kier molecular flexibility index (Phi) is 5.19. The number of hydrogen-bond acceptors (Lipinski definition) is 7. The Morgan fingerprint density at radius 2 is 2.07 bits per heavy atom. The zero-order chi connectivity index (χ0) is 19.7. The highest BCUT2D eigenvalue weighted by Gasteiger charge is 2.28. The maximum Gasteiger partial charge on any atom is 0.275 e. The van der Waals surface area contributed by atoms with E-state index in [9.17, 15) is 13.2 Å². The Morgan fingerprint density at radius 1 is 1.25 bits per heavy atom. The SMILES string of the molecule is COc1ccc(S(=O)(=O)NC2CC2)cc1NC(=O)c1csc(-c2ccsc2)n1. The Hall–Kier alpha value is -2.27. The molecule has 1 fully saturated rings. The van der Waals surface area contributed by atoms with Crippen molar-refractivity contribution in [2.24, 2.45) is 0 Å². The van der Waals surface area contributed by atoms with Crippen molar-refractivity contribution in [3.63, 3.8) is 0 Å². The monoisotopic (exact) mass is 435 g/mol. The van der Waals surface area contributed by atoms with Crippen molar-refractivity contribution >= 4 is 44.3 Å². The van der Waals surface area contributed by atoms with Crippen LogP contribution >= 0.6 is 22.7 Å². The molecule has 2 N–H and O–H groups in total. The maximum atomic E-state index is 12.6. The highest BCUT2D eigenvalue weighted by Crippen LogP contribution is 2.30. The van der Waals surface area contributed by atoms with Crippen LogP contribution in [0.2, 0.25) is 0 Å². The number of thiophene rings is 1. The van der Waals surface area contributed by atoms with Gasteiger partial charge in [-0.05, 0) is 42.5 Å². The number of methoxy groups -OCH3 is 1. The number of amides is 1. The molecule has 1 aliphatic rings. The molecule has 0 unspecified atom stereocenters. The van der Waals surface area contributed by atoms with E-state index in [4.69, 9.17) is 4.74 Å². The molecule has 0 saturated heterocycles. The molecule has 2 heterocycles. The van der Waals surface area contributed by atoms with E-state index in [-0.39, 0.29) is 22.3 Å². The number of nitrogens with one attached hydrogen (secondary N) is 2. The molecular weight excluding hydrogens is 418 g/mol. The number of aromatic nitrogens is 1. The van der Waals surface area contributed by atoms with Gasteiger partial charge in [0.15, 0.2) is 0 Å². The molecule has 1 aliphatic carbocycles. The molecule has 0 atom stereocenters. The standard InChI is InChI=1S/C18H17N3O4S3/c1-25-16-5-4-13(28(23,24)21-12-2-3-12)8-14(16)19-17(22)15-10-27-18(20-15)11-6-7-26-9-11/h4-10,12,21H,2-3H2,1H3,(H,19,22). The van der Waals surface area contributed by atoms with Crippen molar-refractivity contribution in [3.8, 4) is 16.3 Å².